The number of hydrogen-bond donors (Lipinski definition) is 0. The van der Waals surface area contributed by atoms with Crippen LogP contribution in [0.5, 0.6) is 0 Å². The van der Waals surface area contributed by atoms with Gasteiger partial charge in [-0.15, -0.1) is 0 Å². The first-order valence-corrected chi connectivity index (χ1v) is 11.1. The van der Waals surface area contributed by atoms with E-state index in [-0.39, 0.29) is 22.7 Å². The second-order valence-corrected chi connectivity index (χ2v) is 9.66. The quantitative estimate of drug-likeness (QED) is 0.778. The third kappa shape index (κ3) is 2.49. The molecule has 3 aliphatic rings. The van der Waals surface area contributed by atoms with Crippen LogP contribution in [0.1, 0.15) is 36.5 Å². The lowest BCUT2D eigenvalue weighted by molar-refractivity contribution is -0.118. The topological polar surface area (TPSA) is 57.7 Å². The highest BCUT2D eigenvalue weighted by molar-refractivity contribution is 7.92. The Labute approximate surface area is 163 Å². The zero-order valence-corrected chi connectivity index (χ0v) is 16.4. The SMILES string of the molecule is CC1CCc2cc(F)ccc2N1S(=O)(=O)c1cc2c3c(c1)CCN3C(=O)CC2. The molecule has 1 amide bonds. The molecule has 2 aromatic carbocycles. The molecule has 3 heterocycles. The van der Waals surface area contributed by atoms with E-state index in [1.54, 1.807) is 23.1 Å². The van der Waals surface area contributed by atoms with E-state index >= 15 is 0 Å². The third-order valence-corrected chi connectivity index (χ3v) is 8.00. The van der Waals surface area contributed by atoms with Crippen LogP contribution in [0.4, 0.5) is 15.8 Å². The lowest BCUT2D eigenvalue weighted by Crippen LogP contribution is -2.42. The molecule has 0 aliphatic carbocycles. The molecule has 0 saturated carbocycles. The predicted octanol–water partition coefficient (Wildman–Crippen LogP) is 3.19. The van der Waals surface area contributed by atoms with Gasteiger partial charge in [-0.05, 0) is 79.6 Å². The van der Waals surface area contributed by atoms with Crippen LogP contribution in [-0.2, 0) is 34.1 Å². The summed E-state index contributed by atoms with van der Waals surface area (Å²) in [6.07, 6.45) is 2.97. The van der Waals surface area contributed by atoms with Gasteiger partial charge in [0.25, 0.3) is 10.0 Å². The van der Waals surface area contributed by atoms with Gasteiger partial charge < -0.3 is 4.90 Å². The molecule has 5 nitrogen and oxygen atoms in total. The molecule has 7 heteroatoms. The fourth-order valence-corrected chi connectivity index (χ4v) is 6.57. The van der Waals surface area contributed by atoms with Crippen molar-refractivity contribution >= 4 is 27.3 Å². The third-order valence-electron chi connectivity index (χ3n) is 6.09. The molecular weight excluding hydrogens is 379 g/mol. The van der Waals surface area contributed by atoms with Gasteiger partial charge in [0.2, 0.25) is 5.91 Å². The highest BCUT2D eigenvalue weighted by Gasteiger charge is 2.37. The molecule has 0 fully saturated rings. The second-order valence-electron chi connectivity index (χ2n) is 7.85. The van der Waals surface area contributed by atoms with E-state index in [0.29, 0.717) is 44.3 Å². The number of halogens is 1. The lowest BCUT2D eigenvalue weighted by Gasteiger charge is -2.36. The Balaban J connectivity index is 1.64. The maximum atomic E-state index is 13.7. The van der Waals surface area contributed by atoms with Gasteiger partial charge in [0.1, 0.15) is 5.82 Å². The Morgan fingerprint density at radius 1 is 1.00 bits per heavy atom. The molecule has 2 aromatic rings. The fraction of sp³-hybridized carbons (Fsp3) is 0.381. The first kappa shape index (κ1) is 17.7. The predicted molar refractivity (Wildman–Crippen MR) is 105 cm³/mol. The minimum atomic E-state index is -3.79. The van der Waals surface area contributed by atoms with E-state index in [4.69, 9.17) is 0 Å². The molecule has 0 saturated heterocycles. The van der Waals surface area contributed by atoms with Crippen LogP contribution in [0.2, 0.25) is 0 Å². The summed E-state index contributed by atoms with van der Waals surface area (Å²) in [7, 11) is -3.79. The van der Waals surface area contributed by atoms with Crippen molar-refractivity contribution in [2.75, 3.05) is 15.7 Å². The first-order chi connectivity index (χ1) is 13.4. The summed E-state index contributed by atoms with van der Waals surface area (Å²) in [5, 5.41) is 0. The Morgan fingerprint density at radius 2 is 1.75 bits per heavy atom. The number of fused-ring (bicyclic) bond motifs is 1. The van der Waals surface area contributed by atoms with Gasteiger partial charge >= 0.3 is 0 Å². The molecule has 0 N–H and O–H groups in total. The van der Waals surface area contributed by atoms with Crippen LogP contribution in [-0.4, -0.2) is 26.9 Å². The van der Waals surface area contributed by atoms with Crippen molar-refractivity contribution in [2.45, 2.75) is 50.0 Å². The van der Waals surface area contributed by atoms with E-state index < -0.39 is 10.0 Å². The van der Waals surface area contributed by atoms with E-state index in [9.17, 15) is 17.6 Å². The summed E-state index contributed by atoms with van der Waals surface area (Å²) >= 11 is 0. The number of nitrogens with zero attached hydrogens (tertiary/aromatic N) is 2. The highest BCUT2D eigenvalue weighted by atomic mass is 32.2. The van der Waals surface area contributed by atoms with Gasteiger partial charge in [-0.25, -0.2) is 12.8 Å². The number of benzene rings is 2. The molecule has 3 aliphatic heterocycles. The summed E-state index contributed by atoms with van der Waals surface area (Å²) < 4.78 is 42.4. The van der Waals surface area contributed by atoms with Gasteiger partial charge in [-0.2, -0.15) is 0 Å². The highest BCUT2D eigenvalue weighted by Crippen LogP contribution is 2.41. The monoisotopic (exact) mass is 400 g/mol. The van der Waals surface area contributed by atoms with Gasteiger partial charge in [-0.1, -0.05) is 0 Å². The summed E-state index contributed by atoms with van der Waals surface area (Å²) in [5.41, 5.74) is 4.04. The van der Waals surface area contributed by atoms with Crippen LogP contribution in [0.15, 0.2) is 35.2 Å². The average molecular weight is 400 g/mol. The molecule has 146 valence electrons. The average Bonchev–Trinajstić information content (AvgIpc) is 3.10. The van der Waals surface area contributed by atoms with E-state index in [1.807, 2.05) is 6.92 Å². The van der Waals surface area contributed by atoms with E-state index in [2.05, 4.69) is 0 Å². The normalized spacial score (nSPS) is 20.9. The number of carbonyl (C=O) groups excluding carboxylic acids is 1. The number of hydrogen-bond acceptors (Lipinski definition) is 3. The summed E-state index contributed by atoms with van der Waals surface area (Å²) in [5.74, 6) is -0.236. The van der Waals surface area contributed by atoms with Gasteiger partial charge in [0.15, 0.2) is 0 Å². The van der Waals surface area contributed by atoms with Gasteiger partial charge in [-0.3, -0.25) is 9.10 Å². The van der Waals surface area contributed by atoms with Crippen LogP contribution in [0.25, 0.3) is 0 Å². The number of amides is 1. The van der Waals surface area contributed by atoms with E-state index in [0.717, 1.165) is 22.4 Å². The van der Waals surface area contributed by atoms with E-state index in [1.165, 1.54) is 16.4 Å². The number of carbonyl (C=O) groups is 1. The summed E-state index contributed by atoms with van der Waals surface area (Å²) in [6, 6.07) is 7.55. The maximum Gasteiger partial charge on any atom is 0.264 e. The van der Waals surface area contributed by atoms with Crippen molar-refractivity contribution in [3.05, 3.63) is 52.8 Å². The lowest BCUT2D eigenvalue weighted by atomic mass is 9.99. The Bertz CT molecular complexity index is 1110. The fourth-order valence-electron chi connectivity index (χ4n) is 4.74. The Morgan fingerprint density at radius 3 is 2.54 bits per heavy atom. The number of aryl methyl sites for hydroxylation is 2. The molecule has 0 aromatic heterocycles. The molecular formula is C21H21FN2O3S. The molecule has 1 atom stereocenters. The Kier molecular flexibility index (Phi) is 3.81. The molecule has 0 bridgehead atoms. The number of rotatable bonds is 2. The molecule has 0 spiro atoms. The number of sulfonamides is 1. The zero-order chi connectivity index (χ0) is 19.6. The van der Waals surface area contributed by atoms with Crippen molar-refractivity contribution in [2.24, 2.45) is 0 Å². The smallest absolute Gasteiger partial charge is 0.264 e. The van der Waals surface area contributed by atoms with Crippen molar-refractivity contribution in [1.29, 1.82) is 0 Å². The van der Waals surface area contributed by atoms with Crippen molar-refractivity contribution < 1.29 is 17.6 Å². The molecule has 1 unspecified atom stereocenters. The van der Waals surface area contributed by atoms with Gasteiger partial charge in [0, 0.05) is 19.0 Å². The molecule has 0 radical (unpaired) electrons. The van der Waals surface area contributed by atoms with Crippen LogP contribution in [0, 0.1) is 5.82 Å². The van der Waals surface area contributed by atoms with Gasteiger partial charge in [0.05, 0.1) is 16.3 Å². The maximum absolute atomic E-state index is 13.7. The van der Waals surface area contributed by atoms with Crippen LogP contribution < -0.4 is 9.21 Å². The molecule has 5 rings (SSSR count). The van der Waals surface area contributed by atoms with Crippen LogP contribution in [0.3, 0.4) is 0 Å². The largest absolute Gasteiger partial charge is 0.312 e. The first-order valence-electron chi connectivity index (χ1n) is 9.65. The van der Waals surface area contributed by atoms with Crippen molar-refractivity contribution in [3.63, 3.8) is 0 Å². The minimum absolute atomic E-state index is 0.113. The standard InChI is InChI=1S/C21H21FN2O3S/c1-13-2-3-14-10-17(22)5-6-19(14)24(13)28(26,27)18-11-15-4-7-20(25)23-9-8-16(12-18)21(15)23/h5-6,10-13H,2-4,7-9H2,1H3. The zero-order valence-electron chi connectivity index (χ0n) is 15.6. The second kappa shape index (κ2) is 6.04. The summed E-state index contributed by atoms with van der Waals surface area (Å²) in [6.45, 7) is 2.51. The molecule has 28 heavy (non-hydrogen) atoms. The Hall–Kier alpha value is -2.41. The van der Waals surface area contributed by atoms with Crippen molar-refractivity contribution in [3.8, 4) is 0 Å². The number of anilines is 2. The van der Waals surface area contributed by atoms with Crippen molar-refractivity contribution in [1.82, 2.24) is 0 Å². The van der Waals surface area contributed by atoms with Crippen LogP contribution >= 0.6 is 0 Å². The minimum Gasteiger partial charge on any atom is -0.312 e. The summed E-state index contributed by atoms with van der Waals surface area (Å²) in [4.78, 5) is 14.2.